The summed E-state index contributed by atoms with van der Waals surface area (Å²) in [5.74, 6) is 0.705. The van der Waals surface area contributed by atoms with Crippen molar-refractivity contribution >= 4 is 11.6 Å². The molecule has 0 aliphatic carbocycles. The van der Waals surface area contributed by atoms with E-state index in [1.807, 2.05) is 18.7 Å². The fourth-order valence-corrected chi connectivity index (χ4v) is 4.67. The molecule has 0 radical (unpaired) electrons. The number of hydrogen-bond acceptors (Lipinski definition) is 5. The molecule has 2 aromatic rings. The standard InChI is InChI=1S/C23H31N5O/c1-17-7-4-5-9-22(17)27-13-11-26(12-14-27)20-8-6-10-28(16-20)23(29)21-15-18(2)24-19(3)25-21/h4-5,7,9,15,20H,6,8,10-14,16H2,1-3H3/t20-/m0/s1. The van der Waals surface area contributed by atoms with Gasteiger partial charge in [-0.15, -0.1) is 0 Å². The van der Waals surface area contributed by atoms with Gasteiger partial charge in [-0.1, -0.05) is 18.2 Å². The Hall–Kier alpha value is -2.47. The number of para-hydroxylation sites is 1. The van der Waals surface area contributed by atoms with Gasteiger partial charge in [0.1, 0.15) is 11.5 Å². The zero-order valence-electron chi connectivity index (χ0n) is 17.8. The number of hydrogen-bond donors (Lipinski definition) is 0. The molecular formula is C23H31N5O. The fraction of sp³-hybridized carbons (Fsp3) is 0.522. The van der Waals surface area contributed by atoms with Crippen molar-refractivity contribution in [2.24, 2.45) is 0 Å². The van der Waals surface area contributed by atoms with Gasteiger partial charge in [-0.05, 0) is 51.3 Å². The third-order valence-corrected chi connectivity index (χ3v) is 6.16. The molecule has 0 saturated carbocycles. The summed E-state index contributed by atoms with van der Waals surface area (Å²) < 4.78 is 0. The molecule has 0 bridgehead atoms. The van der Waals surface area contributed by atoms with Crippen LogP contribution in [0.4, 0.5) is 5.69 Å². The zero-order chi connectivity index (χ0) is 20.4. The minimum absolute atomic E-state index is 0.0434. The van der Waals surface area contributed by atoms with Crippen LogP contribution >= 0.6 is 0 Å². The smallest absolute Gasteiger partial charge is 0.272 e. The van der Waals surface area contributed by atoms with Gasteiger partial charge in [0.25, 0.3) is 5.91 Å². The molecule has 1 aromatic carbocycles. The van der Waals surface area contributed by atoms with Gasteiger partial charge in [0.15, 0.2) is 0 Å². The largest absolute Gasteiger partial charge is 0.369 e. The van der Waals surface area contributed by atoms with Gasteiger partial charge in [-0.3, -0.25) is 9.69 Å². The normalized spacial score (nSPS) is 20.7. The highest BCUT2D eigenvalue weighted by molar-refractivity contribution is 5.92. The third-order valence-electron chi connectivity index (χ3n) is 6.16. The molecule has 2 aliphatic rings. The summed E-state index contributed by atoms with van der Waals surface area (Å²) in [5.41, 5.74) is 4.06. The van der Waals surface area contributed by atoms with Crippen LogP contribution in [0.2, 0.25) is 0 Å². The first kappa shape index (κ1) is 19.8. The first-order valence-corrected chi connectivity index (χ1v) is 10.7. The van der Waals surface area contributed by atoms with E-state index in [0.29, 0.717) is 17.6 Å². The zero-order valence-corrected chi connectivity index (χ0v) is 17.8. The SMILES string of the molecule is Cc1cc(C(=O)N2CCC[C@H](N3CCN(c4ccccc4C)CC3)C2)nc(C)n1. The van der Waals surface area contributed by atoms with Gasteiger partial charge in [0.05, 0.1) is 0 Å². The Bertz CT molecular complexity index is 855. The van der Waals surface area contributed by atoms with Gasteiger partial charge in [0.2, 0.25) is 0 Å². The van der Waals surface area contributed by atoms with Crippen LogP contribution < -0.4 is 4.90 Å². The lowest BCUT2D eigenvalue weighted by atomic mass is 10.0. The molecule has 29 heavy (non-hydrogen) atoms. The minimum atomic E-state index is 0.0434. The van der Waals surface area contributed by atoms with Crippen LogP contribution in [0, 0.1) is 20.8 Å². The number of benzene rings is 1. The molecule has 1 atom stereocenters. The average Bonchev–Trinajstić information content (AvgIpc) is 2.73. The summed E-state index contributed by atoms with van der Waals surface area (Å²) in [6.45, 7) is 11.7. The van der Waals surface area contributed by atoms with Crippen molar-refractivity contribution < 1.29 is 4.79 Å². The molecule has 0 spiro atoms. The highest BCUT2D eigenvalue weighted by Gasteiger charge is 2.31. The van der Waals surface area contributed by atoms with Crippen LogP contribution in [0.25, 0.3) is 0 Å². The quantitative estimate of drug-likeness (QED) is 0.803. The molecule has 0 N–H and O–H groups in total. The fourth-order valence-electron chi connectivity index (χ4n) is 4.67. The highest BCUT2D eigenvalue weighted by atomic mass is 16.2. The van der Waals surface area contributed by atoms with Gasteiger partial charge >= 0.3 is 0 Å². The predicted molar refractivity (Wildman–Crippen MR) is 115 cm³/mol. The average molecular weight is 394 g/mol. The van der Waals surface area contributed by atoms with Crippen molar-refractivity contribution in [1.82, 2.24) is 19.8 Å². The number of anilines is 1. The summed E-state index contributed by atoms with van der Waals surface area (Å²) in [6.07, 6.45) is 2.22. The van der Waals surface area contributed by atoms with E-state index in [2.05, 4.69) is 51.0 Å². The number of piperidine rings is 1. The maximum atomic E-state index is 13.0. The molecule has 4 rings (SSSR count). The van der Waals surface area contributed by atoms with Crippen molar-refractivity contribution in [1.29, 1.82) is 0 Å². The molecule has 1 aromatic heterocycles. The summed E-state index contributed by atoms with van der Waals surface area (Å²) in [6, 6.07) is 10.9. The molecule has 154 valence electrons. The van der Waals surface area contributed by atoms with Crippen molar-refractivity contribution in [2.75, 3.05) is 44.2 Å². The first-order chi connectivity index (χ1) is 14.0. The Morgan fingerprint density at radius 2 is 1.76 bits per heavy atom. The van der Waals surface area contributed by atoms with Crippen LogP contribution in [0.3, 0.4) is 0 Å². The molecule has 6 heteroatoms. The number of carbonyl (C=O) groups excluding carboxylic acids is 1. The van der Waals surface area contributed by atoms with E-state index in [1.165, 1.54) is 11.3 Å². The maximum Gasteiger partial charge on any atom is 0.272 e. The molecule has 2 aliphatic heterocycles. The van der Waals surface area contributed by atoms with Crippen molar-refractivity contribution in [3.63, 3.8) is 0 Å². The lowest BCUT2D eigenvalue weighted by Gasteiger charge is -2.44. The van der Waals surface area contributed by atoms with Gasteiger partial charge in [-0.25, -0.2) is 9.97 Å². The van der Waals surface area contributed by atoms with Crippen LogP contribution in [0.5, 0.6) is 0 Å². The highest BCUT2D eigenvalue weighted by Crippen LogP contribution is 2.24. The second-order valence-electron chi connectivity index (χ2n) is 8.30. The third kappa shape index (κ3) is 4.42. The van der Waals surface area contributed by atoms with Crippen LogP contribution in [-0.2, 0) is 0 Å². The van der Waals surface area contributed by atoms with Crippen LogP contribution in [0.15, 0.2) is 30.3 Å². The maximum absolute atomic E-state index is 13.0. The Labute approximate surface area is 173 Å². The number of amides is 1. The second kappa shape index (κ2) is 8.49. The summed E-state index contributed by atoms with van der Waals surface area (Å²) in [4.78, 5) is 28.7. The summed E-state index contributed by atoms with van der Waals surface area (Å²) in [7, 11) is 0. The molecule has 2 fully saturated rings. The monoisotopic (exact) mass is 393 g/mol. The van der Waals surface area contributed by atoms with Crippen LogP contribution in [-0.4, -0.2) is 71.0 Å². The number of carbonyl (C=O) groups is 1. The Morgan fingerprint density at radius 3 is 2.48 bits per heavy atom. The van der Waals surface area contributed by atoms with Crippen molar-refractivity contribution in [3.8, 4) is 0 Å². The van der Waals surface area contributed by atoms with E-state index >= 15 is 0 Å². The number of likely N-dealkylation sites (tertiary alicyclic amines) is 1. The number of aromatic nitrogens is 2. The second-order valence-corrected chi connectivity index (χ2v) is 8.30. The Morgan fingerprint density at radius 1 is 1.00 bits per heavy atom. The number of rotatable bonds is 3. The van der Waals surface area contributed by atoms with E-state index in [1.54, 1.807) is 6.07 Å². The topological polar surface area (TPSA) is 52.6 Å². The first-order valence-electron chi connectivity index (χ1n) is 10.7. The van der Waals surface area contributed by atoms with E-state index < -0.39 is 0 Å². The predicted octanol–water partition coefficient (Wildman–Crippen LogP) is 2.83. The molecule has 0 unspecified atom stereocenters. The van der Waals surface area contributed by atoms with Crippen molar-refractivity contribution in [2.45, 2.75) is 39.7 Å². The lowest BCUT2D eigenvalue weighted by Crippen LogP contribution is -2.56. The number of aryl methyl sites for hydroxylation is 3. The number of nitrogens with zero attached hydrogens (tertiary/aromatic N) is 5. The molecule has 6 nitrogen and oxygen atoms in total. The van der Waals surface area contributed by atoms with Gasteiger partial charge in [0, 0.05) is 56.7 Å². The summed E-state index contributed by atoms with van der Waals surface area (Å²) in [5, 5.41) is 0. The lowest BCUT2D eigenvalue weighted by molar-refractivity contribution is 0.0557. The van der Waals surface area contributed by atoms with E-state index in [0.717, 1.165) is 57.8 Å². The van der Waals surface area contributed by atoms with Crippen molar-refractivity contribution in [3.05, 3.63) is 53.1 Å². The van der Waals surface area contributed by atoms with E-state index in [9.17, 15) is 4.79 Å². The van der Waals surface area contributed by atoms with Crippen LogP contribution in [0.1, 0.15) is 40.4 Å². The Kier molecular flexibility index (Phi) is 5.81. The Balaban J connectivity index is 1.38. The van der Waals surface area contributed by atoms with Gasteiger partial charge in [-0.2, -0.15) is 0 Å². The van der Waals surface area contributed by atoms with Gasteiger partial charge < -0.3 is 9.80 Å². The van der Waals surface area contributed by atoms with E-state index in [-0.39, 0.29) is 5.91 Å². The minimum Gasteiger partial charge on any atom is -0.369 e. The van der Waals surface area contributed by atoms with E-state index in [4.69, 9.17) is 0 Å². The molecule has 2 saturated heterocycles. The molecule has 3 heterocycles. The summed E-state index contributed by atoms with van der Waals surface area (Å²) >= 11 is 0. The molecule has 1 amide bonds. The number of piperazine rings is 1. The molecular weight excluding hydrogens is 362 g/mol.